The molecule has 0 aliphatic heterocycles. The Bertz CT molecular complexity index is 390. The summed E-state index contributed by atoms with van der Waals surface area (Å²) in [4.78, 5) is 11.8. The Morgan fingerprint density at radius 2 is 2.20 bits per heavy atom. The van der Waals surface area contributed by atoms with Crippen molar-refractivity contribution < 1.29 is 4.79 Å². The summed E-state index contributed by atoms with van der Waals surface area (Å²) in [7, 11) is 0. The maximum Gasteiger partial charge on any atom is 0.252 e. The van der Waals surface area contributed by atoms with Crippen molar-refractivity contribution >= 4 is 37.8 Å². The summed E-state index contributed by atoms with van der Waals surface area (Å²) in [6.45, 7) is 5.48. The second-order valence-corrected chi connectivity index (χ2v) is 4.89. The predicted molar refractivity (Wildman–Crippen MR) is 69.0 cm³/mol. The Morgan fingerprint density at radius 3 is 2.80 bits per heavy atom. The molecule has 0 aliphatic carbocycles. The first-order valence-corrected chi connectivity index (χ1v) is 6.01. The van der Waals surface area contributed by atoms with E-state index in [-0.39, 0.29) is 11.9 Å². The van der Waals surface area contributed by atoms with Crippen molar-refractivity contribution in [2.24, 2.45) is 0 Å². The van der Waals surface area contributed by atoms with Gasteiger partial charge in [0.15, 0.2) is 0 Å². The Morgan fingerprint density at radius 1 is 1.53 bits per heavy atom. The van der Waals surface area contributed by atoms with Crippen LogP contribution in [0.1, 0.15) is 17.3 Å². The highest BCUT2D eigenvalue weighted by Crippen LogP contribution is 2.21. The van der Waals surface area contributed by atoms with Crippen LogP contribution in [0.15, 0.2) is 39.8 Å². The quantitative estimate of drug-likeness (QED) is 0.843. The zero-order chi connectivity index (χ0) is 11.4. The number of benzene rings is 1. The number of carbonyl (C=O) groups is 1. The molecule has 0 saturated heterocycles. The topological polar surface area (TPSA) is 29.1 Å². The molecule has 0 aliphatic rings. The lowest BCUT2D eigenvalue weighted by Gasteiger charge is -2.10. The SMILES string of the molecule is C=CC(C)NC(=O)c1cc(Br)ccc1Br. The van der Waals surface area contributed by atoms with Crippen LogP contribution in [0.4, 0.5) is 0 Å². The molecule has 1 N–H and O–H groups in total. The van der Waals surface area contributed by atoms with Gasteiger partial charge in [0.05, 0.1) is 5.56 Å². The third-order valence-electron chi connectivity index (χ3n) is 1.89. The van der Waals surface area contributed by atoms with E-state index in [2.05, 4.69) is 43.8 Å². The number of nitrogens with one attached hydrogen (secondary N) is 1. The first kappa shape index (κ1) is 12.5. The van der Waals surface area contributed by atoms with E-state index in [1.165, 1.54) is 0 Å². The molecule has 4 heteroatoms. The van der Waals surface area contributed by atoms with Gasteiger partial charge in [-0.25, -0.2) is 0 Å². The highest BCUT2D eigenvalue weighted by atomic mass is 79.9. The van der Waals surface area contributed by atoms with Crippen LogP contribution in [-0.4, -0.2) is 11.9 Å². The van der Waals surface area contributed by atoms with E-state index in [0.717, 1.165) is 8.95 Å². The average molecular weight is 333 g/mol. The number of hydrogen-bond acceptors (Lipinski definition) is 1. The zero-order valence-corrected chi connectivity index (χ0v) is 11.4. The van der Waals surface area contributed by atoms with Gasteiger partial charge in [0.2, 0.25) is 0 Å². The van der Waals surface area contributed by atoms with Crippen LogP contribution in [0, 0.1) is 0 Å². The minimum absolute atomic E-state index is 0.0385. The lowest BCUT2D eigenvalue weighted by atomic mass is 10.2. The third-order valence-corrected chi connectivity index (χ3v) is 3.07. The van der Waals surface area contributed by atoms with Crippen molar-refractivity contribution in [1.29, 1.82) is 0 Å². The number of halogens is 2. The molecule has 80 valence electrons. The maximum absolute atomic E-state index is 11.8. The Balaban J connectivity index is 2.90. The third kappa shape index (κ3) is 3.47. The van der Waals surface area contributed by atoms with E-state index in [0.29, 0.717) is 5.56 Å². The molecule has 0 saturated carbocycles. The fraction of sp³-hybridized carbons (Fsp3) is 0.182. The molecule has 0 heterocycles. The summed E-state index contributed by atoms with van der Waals surface area (Å²) < 4.78 is 1.65. The molecule has 2 nitrogen and oxygen atoms in total. The number of amides is 1. The molecule has 0 aromatic heterocycles. The van der Waals surface area contributed by atoms with Crippen LogP contribution in [0.5, 0.6) is 0 Å². The Hall–Kier alpha value is -0.610. The summed E-state index contributed by atoms with van der Waals surface area (Å²) in [5.74, 6) is -0.115. The summed E-state index contributed by atoms with van der Waals surface area (Å²) in [5, 5.41) is 2.81. The van der Waals surface area contributed by atoms with E-state index in [4.69, 9.17) is 0 Å². The summed E-state index contributed by atoms with van der Waals surface area (Å²) in [6.07, 6.45) is 1.68. The fourth-order valence-electron chi connectivity index (χ4n) is 1.01. The molecule has 0 bridgehead atoms. The Labute approximate surface area is 106 Å². The maximum atomic E-state index is 11.8. The van der Waals surface area contributed by atoms with E-state index < -0.39 is 0 Å². The van der Waals surface area contributed by atoms with Crippen molar-refractivity contribution in [3.05, 3.63) is 45.4 Å². The van der Waals surface area contributed by atoms with Crippen LogP contribution in [-0.2, 0) is 0 Å². The first-order valence-electron chi connectivity index (χ1n) is 4.43. The van der Waals surface area contributed by atoms with Crippen LogP contribution in [0.25, 0.3) is 0 Å². The van der Waals surface area contributed by atoms with Crippen molar-refractivity contribution in [3.8, 4) is 0 Å². The molecular formula is C11H11Br2NO. The van der Waals surface area contributed by atoms with E-state index in [1.54, 1.807) is 12.1 Å². The van der Waals surface area contributed by atoms with Gasteiger partial charge in [-0.1, -0.05) is 22.0 Å². The van der Waals surface area contributed by atoms with Crippen LogP contribution in [0.2, 0.25) is 0 Å². The van der Waals surface area contributed by atoms with E-state index >= 15 is 0 Å². The molecule has 1 aromatic carbocycles. The van der Waals surface area contributed by atoms with Crippen molar-refractivity contribution in [3.63, 3.8) is 0 Å². The van der Waals surface area contributed by atoms with Crippen LogP contribution >= 0.6 is 31.9 Å². The predicted octanol–water partition coefficient (Wildman–Crippen LogP) is 3.52. The lowest BCUT2D eigenvalue weighted by molar-refractivity contribution is 0.0946. The molecule has 1 atom stereocenters. The molecule has 15 heavy (non-hydrogen) atoms. The molecule has 1 unspecified atom stereocenters. The normalized spacial score (nSPS) is 11.9. The van der Waals surface area contributed by atoms with Gasteiger partial charge in [-0.3, -0.25) is 4.79 Å². The smallest absolute Gasteiger partial charge is 0.252 e. The zero-order valence-electron chi connectivity index (χ0n) is 8.26. The number of hydrogen-bond donors (Lipinski definition) is 1. The lowest BCUT2D eigenvalue weighted by Crippen LogP contribution is -2.31. The van der Waals surface area contributed by atoms with Gasteiger partial charge in [-0.2, -0.15) is 0 Å². The summed E-state index contributed by atoms with van der Waals surface area (Å²) in [5.41, 5.74) is 0.609. The average Bonchev–Trinajstić information content (AvgIpc) is 2.21. The highest BCUT2D eigenvalue weighted by molar-refractivity contribution is 9.11. The second-order valence-electron chi connectivity index (χ2n) is 3.12. The van der Waals surface area contributed by atoms with Crippen LogP contribution in [0.3, 0.4) is 0 Å². The van der Waals surface area contributed by atoms with Gasteiger partial charge in [0.1, 0.15) is 0 Å². The van der Waals surface area contributed by atoms with E-state index in [9.17, 15) is 4.79 Å². The van der Waals surface area contributed by atoms with Gasteiger partial charge in [-0.15, -0.1) is 6.58 Å². The van der Waals surface area contributed by atoms with Gasteiger partial charge in [0, 0.05) is 15.0 Å². The van der Waals surface area contributed by atoms with Crippen molar-refractivity contribution in [2.75, 3.05) is 0 Å². The molecule has 1 aromatic rings. The van der Waals surface area contributed by atoms with E-state index in [1.807, 2.05) is 19.1 Å². The summed E-state index contributed by atoms with van der Waals surface area (Å²) >= 11 is 6.66. The minimum Gasteiger partial charge on any atom is -0.346 e. The molecule has 0 fully saturated rings. The standard InChI is InChI=1S/C11H11Br2NO/c1-3-7(2)14-11(15)9-6-8(12)4-5-10(9)13/h3-7H,1H2,2H3,(H,14,15). The minimum atomic E-state index is -0.115. The first-order chi connectivity index (χ1) is 7.04. The molecule has 0 radical (unpaired) electrons. The number of carbonyl (C=O) groups excluding carboxylic acids is 1. The molecule has 0 spiro atoms. The van der Waals surface area contributed by atoms with Gasteiger partial charge < -0.3 is 5.32 Å². The van der Waals surface area contributed by atoms with Gasteiger partial charge >= 0.3 is 0 Å². The largest absolute Gasteiger partial charge is 0.346 e. The highest BCUT2D eigenvalue weighted by Gasteiger charge is 2.11. The molecule has 1 amide bonds. The molecule has 1 rings (SSSR count). The fourth-order valence-corrected chi connectivity index (χ4v) is 1.80. The number of rotatable bonds is 3. The van der Waals surface area contributed by atoms with Crippen molar-refractivity contribution in [2.45, 2.75) is 13.0 Å². The second kappa shape index (κ2) is 5.47. The monoisotopic (exact) mass is 331 g/mol. The van der Waals surface area contributed by atoms with Crippen LogP contribution < -0.4 is 5.32 Å². The Kier molecular flexibility index (Phi) is 4.54. The summed E-state index contributed by atoms with van der Waals surface area (Å²) in [6, 6.07) is 5.44. The van der Waals surface area contributed by atoms with Gasteiger partial charge in [0.25, 0.3) is 5.91 Å². The van der Waals surface area contributed by atoms with Crippen molar-refractivity contribution in [1.82, 2.24) is 5.32 Å². The van der Waals surface area contributed by atoms with Gasteiger partial charge in [-0.05, 0) is 41.1 Å². The molecular weight excluding hydrogens is 322 g/mol.